The predicted molar refractivity (Wildman–Crippen MR) is 228 cm³/mol. The van der Waals surface area contributed by atoms with E-state index in [1.54, 1.807) is 7.11 Å². The minimum Gasteiger partial charge on any atom is -0.457 e. The summed E-state index contributed by atoms with van der Waals surface area (Å²) in [5, 5.41) is 30.7. The van der Waals surface area contributed by atoms with Crippen molar-refractivity contribution >= 4 is 12.0 Å². The van der Waals surface area contributed by atoms with Crippen molar-refractivity contribution in [3.63, 3.8) is 0 Å². The molecule has 0 bridgehead atoms. The molecule has 0 spiro atoms. The number of carbonyl (C=O) groups excluding carboxylic acids is 1. The Morgan fingerprint density at radius 3 is 2.58 bits per heavy atom. The van der Waals surface area contributed by atoms with Crippen molar-refractivity contribution in [2.45, 2.75) is 141 Å². The maximum Gasteiger partial charge on any atom is 0.306 e. The van der Waals surface area contributed by atoms with E-state index in [-0.39, 0.29) is 66.2 Å². The van der Waals surface area contributed by atoms with Crippen molar-refractivity contribution in [2.75, 3.05) is 27.9 Å². The number of aliphatic hydroxyl groups is 2. The highest BCUT2D eigenvalue weighted by molar-refractivity contribution is 5.70. The largest absolute Gasteiger partial charge is 0.457 e. The van der Waals surface area contributed by atoms with Gasteiger partial charge in [0.05, 0.1) is 24.9 Å². The van der Waals surface area contributed by atoms with Gasteiger partial charge in [0.15, 0.2) is 12.2 Å². The molecule has 1 aromatic heterocycles. The molecule has 3 heterocycles. The van der Waals surface area contributed by atoms with Gasteiger partial charge in [0, 0.05) is 64.3 Å². The molecule has 14 atom stereocenters. The lowest BCUT2D eigenvalue weighted by atomic mass is 9.53. The van der Waals surface area contributed by atoms with Gasteiger partial charge >= 0.3 is 5.97 Å². The number of hydrogen-bond acceptors (Lipinski definition) is 12. The summed E-state index contributed by atoms with van der Waals surface area (Å²) < 4.78 is 42.2. The number of allylic oxidation sites excluding steroid dienone is 8. The molecule has 1 saturated heterocycles. The SMILES string of the molecule is COCC1OC(OC2CC(OC)CC3C2C(C)=CC2C=CC=CC(C)C(C=Cc4nc(C(C)CCCC#N)oc4C)OC(=O)CCC=C(C)C=CC23C)C(OC)C(O)C1O. The van der Waals surface area contributed by atoms with Crippen LogP contribution in [0.5, 0.6) is 0 Å². The van der Waals surface area contributed by atoms with Gasteiger partial charge in [-0.25, -0.2) is 4.98 Å². The molecule has 0 radical (unpaired) electrons. The molecule has 2 N–H and O–H groups in total. The first-order valence-corrected chi connectivity index (χ1v) is 21.6. The fraction of sp³-hybridized carbons (Fsp3) is 0.646. The Kier molecular flexibility index (Phi) is 17.3. The van der Waals surface area contributed by atoms with Crippen molar-refractivity contribution in [2.24, 2.45) is 29.1 Å². The second-order valence-electron chi connectivity index (χ2n) is 17.3. The van der Waals surface area contributed by atoms with E-state index in [1.807, 2.05) is 32.1 Å². The van der Waals surface area contributed by atoms with Gasteiger partial charge in [-0.15, -0.1) is 0 Å². The summed E-state index contributed by atoms with van der Waals surface area (Å²) in [4.78, 5) is 18.0. The number of nitriles is 1. The standard InChI is InChI=1S/C48H68N2O10/c1-29-15-14-19-41(51)58-38(21-20-37-33(5)57-46(50-37)31(3)17-12-13-24-49)30(2)16-10-11-18-34-25-32(4)42-36(48(34,6)23-22-29)26-35(55-8)27-39(42)59-47-45(56-9)44(53)43(52)40(60-47)28-54-7/h10-11,15-16,18,20-23,25,30-31,34-36,38-40,42-45,47,52-53H,12-14,17,19,26-28H2,1-9H3. The summed E-state index contributed by atoms with van der Waals surface area (Å²) in [6, 6.07) is 2.19. The van der Waals surface area contributed by atoms with E-state index in [4.69, 9.17) is 43.1 Å². The molecule has 14 unspecified atom stereocenters. The van der Waals surface area contributed by atoms with Gasteiger partial charge in [-0.1, -0.05) is 80.5 Å². The Morgan fingerprint density at radius 2 is 1.87 bits per heavy atom. The minimum absolute atomic E-state index is 0.00522. The van der Waals surface area contributed by atoms with E-state index in [0.717, 1.165) is 24.8 Å². The third-order valence-electron chi connectivity index (χ3n) is 13.0. The van der Waals surface area contributed by atoms with E-state index in [9.17, 15) is 15.0 Å². The Balaban J connectivity index is 1.44. The number of aryl methyl sites for hydroxylation is 1. The summed E-state index contributed by atoms with van der Waals surface area (Å²) in [6.45, 7) is 12.6. The van der Waals surface area contributed by atoms with Crippen molar-refractivity contribution in [1.82, 2.24) is 4.98 Å². The first-order valence-electron chi connectivity index (χ1n) is 21.6. The van der Waals surface area contributed by atoms with Gasteiger partial charge < -0.3 is 43.1 Å². The van der Waals surface area contributed by atoms with Gasteiger partial charge in [0.1, 0.15) is 42.0 Å². The normalized spacial score (nSPS) is 35.9. The highest BCUT2D eigenvalue weighted by atomic mass is 16.7. The first-order chi connectivity index (χ1) is 28.7. The fourth-order valence-electron chi connectivity index (χ4n) is 9.29. The molecule has 0 aromatic carbocycles. The second-order valence-corrected chi connectivity index (χ2v) is 17.3. The number of oxazole rings is 1. The highest BCUT2D eigenvalue weighted by Crippen LogP contribution is 2.56. The van der Waals surface area contributed by atoms with E-state index in [0.29, 0.717) is 36.6 Å². The predicted octanol–water partition coefficient (Wildman–Crippen LogP) is 7.87. The molecule has 1 saturated carbocycles. The topological polar surface area (TPSA) is 163 Å². The summed E-state index contributed by atoms with van der Waals surface area (Å²) >= 11 is 0. The monoisotopic (exact) mass is 832 g/mol. The van der Waals surface area contributed by atoms with Crippen molar-refractivity contribution in [1.29, 1.82) is 5.26 Å². The molecule has 12 nitrogen and oxygen atoms in total. The number of fused-ring (bicyclic) bond motifs is 3. The Bertz CT molecular complexity index is 1800. The van der Waals surface area contributed by atoms with E-state index < -0.39 is 36.8 Å². The molecule has 12 heteroatoms. The van der Waals surface area contributed by atoms with Crippen LogP contribution in [0.25, 0.3) is 6.08 Å². The number of cyclic esters (lactones) is 1. The lowest BCUT2D eigenvalue weighted by Gasteiger charge is -2.54. The zero-order valence-corrected chi connectivity index (χ0v) is 37.0. The third kappa shape index (κ3) is 11.4. The quantitative estimate of drug-likeness (QED) is 0.119. The number of nitrogens with zero attached hydrogens (tertiary/aromatic N) is 2. The number of hydrogen-bond donors (Lipinski definition) is 2. The summed E-state index contributed by atoms with van der Waals surface area (Å²) in [7, 11) is 4.75. The molecular formula is C48H68N2O10. The molecule has 2 aliphatic carbocycles. The molecule has 1 aromatic rings. The maximum atomic E-state index is 13.2. The van der Waals surface area contributed by atoms with Crippen LogP contribution in [0.1, 0.15) is 103 Å². The van der Waals surface area contributed by atoms with Gasteiger partial charge in [0.25, 0.3) is 0 Å². The summed E-state index contributed by atoms with van der Waals surface area (Å²) in [6.07, 6.45) is 19.4. The van der Waals surface area contributed by atoms with Crippen LogP contribution in [0, 0.1) is 47.3 Å². The van der Waals surface area contributed by atoms with Crippen LogP contribution in [0.15, 0.2) is 70.2 Å². The average Bonchev–Trinajstić information content (AvgIpc) is 3.60. The van der Waals surface area contributed by atoms with Gasteiger partial charge in [-0.05, 0) is 69.9 Å². The molecule has 330 valence electrons. The molecule has 60 heavy (non-hydrogen) atoms. The van der Waals surface area contributed by atoms with Crippen LogP contribution >= 0.6 is 0 Å². The second kappa shape index (κ2) is 21.9. The van der Waals surface area contributed by atoms with Crippen molar-refractivity contribution in [3.05, 3.63) is 83.2 Å². The van der Waals surface area contributed by atoms with Crippen LogP contribution < -0.4 is 0 Å². The lowest BCUT2D eigenvalue weighted by Crippen LogP contribution is -2.61. The Labute approximate surface area is 357 Å². The van der Waals surface area contributed by atoms with E-state index in [1.165, 1.54) is 19.8 Å². The van der Waals surface area contributed by atoms with Crippen LogP contribution in [0.3, 0.4) is 0 Å². The van der Waals surface area contributed by atoms with Crippen LogP contribution in [0.2, 0.25) is 0 Å². The zero-order chi connectivity index (χ0) is 43.6. The molecule has 2 fully saturated rings. The zero-order valence-electron chi connectivity index (χ0n) is 37.0. The summed E-state index contributed by atoms with van der Waals surface area (Å²) in [5.41, 5.74) is 2.59. The Morgan fingerprint density at radius 1 is 1.10 bits per heavy atom. The molecule has 0 amide bonds. The smallest absolute Gasteiger partial charge is 0.306 e. The number of aromatic nitrogens is 1. The number of esters is 1. The first kappa shape index (κ1) is 47.4. The molecule has 2 aliphatic heterocycles. The Hall–Kier alpha value is -3.67. The molecule has 4 aliphatic rings. The van der Waals surface area contributed by atoms with Crippen LogP contribution in [0.4, 0.5) is 0 Å². The number of ether oxygens (including phenoxy) is 6. The van der Waals surface area contributed by atoms with Crippen LogP contribution in [-0.4, -0.2) is 98.1 Å². The van der Waals surface area contributed by atoms with Gasteiger partial charge in [0.2, 0.25) is 0 Å². The lowest BCUT2D eigenvalue weighted by molar-refractivity contribution is -0.324. The van der Waals surface area contributed by atoms with Crippen LogP contribution in [-0.2, 0) is 33.2 Å². The van der Waals surface area contributed by atoms with Crippen molar-refractivity contribution < 1.29 is 47.8 Å². The maximum absolute atomic E-state index is 13.2. The molecule has 5 rings (SSSR count). The average molecular weight is 833 g/mol. The fourth-order valence-corrected chi connectivity index (χ4v) is 9.29. The summed E-state index contributed by atoms with van der Waals surface area (Å²) in [5.74, 6) is 1.14. The minimum atomic E-state index is -1.22. The number of methoxy groups -OCH3 is 3. The van der Waals surface area contributed by atoms with Crippen molar-refractivity contribution in [3.8, 4) is 6.07 Å². The van der Waals surface area contributed by atoms with Gasteiger partial charge in [-0.2, -0.15) is 5.26 Å². The van der Waals surface area contributed by atoms with Gasteiger partial charge in [-0.3, -0.25) is 4.79 Å². The highest BCUT2D eigenvalue weighted by Gasteiger charge is 2.54. The number of rotatable bonds is 12. The van der Waals surface area contributed by atoms with E-state index in [2.05, 4.69) is 76.3 Å². The van der Waals surface area contributed by atoms with E-state index >= 15 is 0 Å². The number of unbranched alkanes of at least 4 members (excludes halogenated alkanes) is 1. The number of aliphatic hydroxyl groups excluding tert-OH is 2. The molecular weight excluding hydrogens is 765 g/mol. The number of carbonyl (C=O) groups is 1. The third-order valence-corrected chi connectivity index (χ3v) is 13.0.